The van der Waals surface area contributed by atoms with Crippen LogP contribution in [0.25, 0.3) is 0 Å². The second-order valence-electron chi connectivity index (χ2n) is 8.93. The molecule has 3 heteroatoms. The highest BCUT2D eigenvalue weighted by atomic mass is 16.2. The van der Waals surface area contributed by atoms with E-state index in [1.165, 1.54) is 24.0 Å². The van der Waals surface area contributed by atoms with E-state index in [0.717, 1.165) is 31.5 Å². The van der Waals surface area contributed by atoms with Crippen molar-refractivity contribution in [3.8, 4) is 0 Å². The summed E-state index contributed by atoms with van der Waals surface area (Å²) in [5, 5.41) is 3.37. The Morgan fingerprint density at radius 2 is 1.62 bits per heavy atom. The molecule has 1 aromatic carbocycles. The quantitative estimate of drug-likeness (QED) is 0.894. The third-order valence-electron chi connectivity index (χ3n) is 6.28. The van der Waals surface area contributed by atoms with Gasteiger partial charge in [0.2, 0.25) is 0 Å². The molecule has 0 aromatic heterocycles. The van der Waals surface area contributed by atoms with Gasteiger partial charge in [-0.25, -0.2) is 0 Å². The number of piperidine rings is 1. The van der Waals surface area contributed by atoms with Gasteiger partial charge >= 0.3 is 0 Å². The number of nitrogens with one attached hydrogen (secondary N) is 1. The van der Waals surface area contributed by atoms with Crippen LogP contribution in [0.2, 0.25) is 0 Å². The lowest BCUT2D eigenvalue weighted by molar-refractivity contribution is 0.0703. The summed E-state index contributed by atoms with van der Waals surface area (Å²) in [4.78, 5) is 15.0. The average Bonchev–Trinajstić information content (AvgIpc) is 2.58. The summed E-state index contributed by atoms with van der Waals surface area (Å²) in [7, 11) is 1.97. The van der Waals surface area contributed by atoms with Crippen LogP contribution in [0.1, 0.15) is 74.9 Å². The number of fused-ring (bicyclic) bond motifs is 1. The number of carbonyl (C=O) groups excluding carboxylic acids is 1. The Hall–Kier alpha value is -1.35. The number of hydrogen-bond acceptors (Lipinski definition) is 2. The summed E-state index contributed by atoms with van der Waals surface area (Å²) in [6.07, 6.45) is 4.47. The molecule has 1 heterocycles. The van der Waals surface area contributed by atoms with Crippen molar-refractivity contribution in [1.29, 1.82) is 0 Å². The molecule has 24 heavy (non-hydrogen) atoms. The van der Waals surface area contributed by atoms with E-state index in [1.807, 2.05) is 18.0 Å². The first-order valence-electron chi connectivity index (χ1n) is 9.35. The number of amides is 1. The SMILES string of the molecule is CN(C(=O)c1ccc2c(c1)C(C)(C)CCC2(C)C)C1CCNCC1. The molecule has 1 N–H and O–H groups in total. The number of hydrogen-bond donors (Lipinski definition) is 1. The second kappa shape index (κ2) is 6.18. The van der Waals surface area contributed by atoms with Gasteiger partial charge in [-0.05, 0) is 72.9 Å². The fraction of sp³-hybridized carbons (Fsp3) is 0.667. The minimum absolute atomic E-state index is 0.147. The van der Waals surface area contributed by atoms with Crippen LogP contribution in [-0.2, 0) is 10.8 Å². The third kappa shape index (κ3) is 3.11. The van der Waals surface area contributed by atoms with Crippen molar-refractivity contribution >= 4 is 5.91 Å². The molecule has 0 spiro atoms. The molecule has 1 saturated heterocycles. The molecule has 3 nitrogen and oxygen atoms in total. The molecule has 1 aliphatic heterocycles. The minimum Gasteiger partial charge on any atom is -0.339 e. The van der Waals surface area contributed by atoms with Crippen molar-refractivity contribution < 1.29 is 4.79 Å². The average molecular weight is 329 g/mol. The predicted molar refractivity (Wildman–Crippen MR) is 99.7 cm³/mol. The zero-order chi connectivity index (χ0) is 17.5. The summed E-state index contributed by atoms with van der Waals surface area (Å²) in [6.45, 7) is 11.3. The van der Waals surface area contributed by atoms with Crippen molar-refractivity contribution in [2.24, 2.45) is 0 Å². The zero-order valence-corrected chi connectivity index (χ0v) is 15.9. The molecule has 1 aliphatic carbocycles. The van der Waals surface area contributed by atoms with E-state index in [1.54, 1.807) is 0 Å². The van der Waals surface area contributed by atoms with Gasteiger partial charge in [-0.2, -0.15) is 0 Å². The Labute approximate surface area is 146 Å². The molecule has 1 amide bonds. The van der Waals surface area contributed by atoms with Crippen molar-refractivity contribution in [3.63, 3.8) is 0 Å². The highest BCUT2D eigenvalue weighted by molar-refractivity contribution is 5.94. The molecular formula is C21H32N2O. The van der Waals surface area contributed by atoms with Crippen LogP contribution in [0.15, 0.2) is 18.2 Å². The van der Waals surface area contributed by atoms with Gasteiger partial charge in [0.15, 0.2) is 0 Å². The van der Waals surface area contributed by atoms with E-state index in [4.69, 9.17) is 0 Å². The summed E-state index contributed by atoms with van der Waals surface area (Å²) < 4.78 is 0. The largest absolute Gasteiger partial charge is 0.339 e. The maximum absolute atomic E-state index is 13.0. The van der Waals surface area contributed by atoms with Crippen LogP contribution in [-0.4, -0.2) is 37.0 Å². The van der Waals surface area contributed by atoms with Crippen LogP contribution in [0.3, 0.4) is 0 Å². The highest BCUT2D eigenvalue weighted by Gasteiger charge is 2.37. The van der Waals surface area contributed by atoms with Crippen LogP contribution in [0.4, 0.5) is 0 Å². The van der Waals surface area contributed by atoms with E-state index in [2.05, 4.69) is 45.1 Å². The number of carbonyl (C=O) groups is 1. The molecule has 0 bridgehead atoms. The number of nitrogens with zero attached hydrogens (tertiary/aromatic N) is 1. The predicted octanol–water partition coefficient (Wildman–Crippen LogP) is 3.86. The van der Waals surface area contributed by atoms with Gasteiger partial charge in [-0.3, -0.25) is 4.79 Å². The fourth-order valence-electron chi connectivity index (χ4n) is 4.29. The minimum atomic E-state index is 0.147. The Morgan fingerprint density at radius 3 is 2.25 bits per heavy atom. The van der Waals surface area contributed by atoms with Gasteiger partial charge in [0, 0.05) is 18.7 Å². The smallest absolute Gasteiger partial charge is 0.253 e. The third-order valence-corrected chi connectivity index (χ3v) is 6.28. The molecule has 0 unspecified atom stereocenters. The molecule has 132 valence electrons. The van der Waals surface area contributed by atoms with E-state index in [-0.39, 0.29) is 16.7 Å². The Kier molecular flexibility index (Phi) is 4.50. The van der Waals surface area contributed by atoms with Crippen molar-refractivity contribution in [2.75, 3.05) is 20.1 Å². The maximum atomic E-state index is 13.0. The lowest BCUT2D eigenvalue weighted by atomic mass is 9.63. The van der Waals surface area contributed by atoms with E-state index in [0.29, 0.717) is 6.04 Å². The molecule has 1 fully saturated rings. The first-order valence-corrected chi connectivity index (χ1v) is 9.35. The highest BCUT2D eigenvalue weighted by Crippen LogP contribution is 2.45. The normalized spacial score (nSPS) is 22.7. The van der Waals surface area contributed by atoms with Crippen LogP contribution in [0.5, 0.6) is 0 Å². The number of benzene rings is 1. The monoisotopic (exact) mass is 328 g/mol. The van der Waals surface area contributed by atoms with E-state index < -0.39 is 0 Å². The molecule has 3 rings (SSSR count). The van der Waals surface area contributed by atoms with Gasteiger partial charge in [0.25, 0.3) is 5.91 Å². The second-order valence-corrected chi connectivity index (χ2v) is 8.93. The van der Waals surface area contributed by atoms with Crippen molar-refractivity contribution in [1.82, 2.24) is 10.2 Å². The molecule has 1 aromatic rings. The van der Waals surface area contributed by atoms with E-state index in [9.17, 15) is 4.79 Å². The summed E-state index contributed by atoms with van der Waals surface area (Å²) in [5.41, 5.74) is 3.98. The van der Waals surface area contributed by atoms with Gasteiger partial charge in [-0.15, -0.1) is 0 Å². The Morgan fingerprint density at radius 1 is 1.04 bits per heavy atom. The molecule has 0 saturated carbocycles. The van der Waals surface area contributed by atoms with Crippen LogP contribution < -0.4 is 5.32 Å². The summed E-state index contributed by atoms with van der Waals surface area (Å²) in [5.74, 6) is 0.170. The molecule has 2 aliphatic rings. The van der Waals surface area contributed by atoms with Crippen molar-refractivity contribution in [3.05, 3.63) is 34.9 Å². The standard InChI is InChI=1S/C21H32N2O/c1-20(2)10-11-21(3,4)18-14-15(6-7-17(18)20)19(24)23(5)16-8-12-22-13-9-16/h6-7,14,16,22H,8-13H2,1-5H3. The van der Waals surface area contributed by atoms with E-state index >= 15 is 0 Å². The van der Waals surface area contributed by atoms with Gasteiger partial charge in [0.05, 0.1) is 0 Å². The fourth-order valence-corrected chi connectivity index (χ4v) is 4.29. The van der Waals surface area contributed by atoms with Crippen LogP contribution >= 0.6 is 0 Å². The van der Waals surface area contributed by atoms with Gasteiger partial charge in [-0.1, -0.05) is 33.8 Å². The summed E-state index contributed by atoms with van der Waals surface area (Å²) >= 11 is 0. The summed E-state index contributed by atoms with van der Waals surface area (Å²) in [6, 6.07) is 6.79. The van der Waals surface area contributed by atoms with Gasteiger partial charge in [0.1, 0.15) is 0 Å². The first kappa shape index (κ1) is 17.5. The maximum Gasteiger partial charge on any atom is 0.253 e. The molecule has 0 radical (unpaired) electrons. The lowest BCUT2D eigenvalue weighted by Crippen LogP contribution is -2.44. The molecular weight excluding hydrogens is 296 g/mol. The Bertz CT molecular complexity index is 627. The van der Waals surface area contributed by atoms with Gasteiger partial charge < -0.3 is 10.2 Å². The zero-order valence-electron chi connectivity index (χ0n) is 15.9. The first-order chi connectivity index (χ1) is 11.2. The lowest BCUT2D eigenvalue weighted by Gasteiger charge is -2.42. The number of rotatable bonds is 2. The molecule has 0 atom stereocenters. The van der Waals surface area contributed by atoms with Crippen molar-refractivity contribution in [2.45, 2.75) is 70.3 Å². The topological polar surface area (TPSA) is 32.3 Å². The van der Waals surface area contributed by atoms with Crippen LogP contribution in [0, 0.1) is 0 Å². The Balaban J connectivity index is 1.91.